The van der Waals surface area contributed by atoms with Crippen molar-refractivity contribution in [3.05, 3.63) is 17.5 Å². The molecule has 0 unspecified atom stereocenters. The molecule has 1 amide bonds. The molecule has 0 spiro atoms. The molecule has 4 heteroatoms. The van der Waals surface area contributed by atoms with Crippen LogP contribution in [0.1, 0.15) is 16.1 Å². The van der Waals surface area contributed by atoms with Crippen molar-refractivity contribution in [2.24, 2.45) is 7.05 Å². The smallest absolute Gasteiger partial charge is 0.256 e. The lowest BCUT2D eigenvalue weighted by Gasteiger charge is -2.07. The number of nitrogens with zero attached hydrogens (tertiary/aromatic N) is 3. The van der Waals surface area contributed by atoms with Gasteiger partial charge in [0.15, 0.2) is 0 Å². The van der Waals surface area contributed by atoms with Gasteiger partial charge in [-0.1, -0.05) is 0 Å². The first-order valence-corrected chi connectivity index (χ1v) is 3.74. The molecule has 1 aromatic heterocycles. The molecular weight excluding hydrogens is 154 g/mol. The highest BCUT2D eigenvalue weighted by molar-refractivity contribution is 5.94. The van der Waals surface area contributed by atoms with Crippen LogP contribution in [0.2, 0.25) is 0 Å². The molecule has 0 N–H and O–H groups in total. The van der Waals surface area contributed by atoms with Crippen LogP contribution in [0.15, 0.2) is 6.20 Å². The lowest BCUT2D eigenvalue weighted by molar-refractivity contribution is 0.0827. The van der Waals surface area contributed by atoms with Crippen molar-refractivity contribution in [2.45, 2.75) is 6.92 Å². The molecule has 0 bridgehead atoms. The SMILES string of the molecule is Cc1nn(C)cc1C(=O)N(C)C. The number of aromatic nitrogens is 2. The van der Waals surface area contributed by atoms with Crippen LogP contribution >= 0.6 is 0 Å². The fraction of sp³-hybridized carbons (Fsp3) is 0.500. The number of hydrogen-bond donors (Lipinski definition) is 0. The lowest BCUT2D eigenvalue weighted by Crippen LogP contribution is -2.21. The maximum absolute atomic E-state index is 11.5. The molecule has 1 aromatic rings. The molecule has 12 heavy (non-hydrogen) atoms. The van der Waals surface area contributed by atoms with Gasteiger partial charge in [-0.05, 0) is 6.92 Å². The second-order valence-electron chi connectivity index (χ2n) is 3.00. The van der Waals surface area contributed by atoms with Crippen molar-refractivity contribution in [3.63, 3.8) is 0 Å². The van der Waals surface area contributed by atoms with E-state index in [0.29, 0.717) is 5.56 Å². The first kappa shape index (κ1) is 8.77. The van der Waals surface area contributed by atoms with E-state index in [1.807, 2.05) is 6.92 Å². The summed E-state index contributed by atoms with van der Waals surface area (Å²) in [7, 11) is 5.27. The fourth-order valence-corrected chi connectivity index (χ4v) is 1.05. The van der Waals surface area contributed by atoms with Crippen molar-refractivity contribution in [1.82, 2.24) is 14.7 Å². The molecule has 0 atom stereocenters. The Labute approximate surface area is 71.8 Å². The number of hydrogen-bond acceptors (Lipinski definition) is 2. The van der Waals surface area contributed by atoms with E-state index in [0.717, 1.165) is 5.69 Å². The van der Waals surface area contributed by atoms with Crippen LogP contribution in [0.4, 0.5) is 0 Å². The highest BCUT2D eigenvalue weighted by Crippen LogP contribution is 2.06. The van der Waals surface area contributed by atoms with Crippen LogP contribution in [0.5, 0.6) is 0 Å². The van der Waals surface area contributed by atoms with Gasteiger partial charge < -0.3 is 4.90 Å². The Morgan fingerprint density at radius 2 is 2.17 bits per heavy atom. The summed E-state index contributed by atoms with van der Waals surface area (Å²) in [6, 6.07) is 0. The fourth-order valence-electron chi connectivity index (χ4n) is 1.05. The van der Waals surface area contributed by atoms with Gasteiger partial charge in [0, 0.05) is 27.3 Å². The molecular formula is C8H13N3O. The van der Waals surface area contributed by atoms with E-state index in [4.69, 9.17) is 0 Å². The van der Waals surface area contributed by atoms with Crippen LogP contribution in [0.3, 0.4) is 0 Å². The predicted octanol–water partition coefficient (Wildman–Crippen LogP) is 0.430. The van der Waals surface area contributed by atoms with E-state index < -0.39 is 0 Å². The van der Waals surface area contributed by atoms with Crippen LogP contribution in [0.25, 0.3) is 0 Å². The minimum atomic E-state index is 0.000556. The number of rotatable bonds is 1. The minimum Gasteiger partial charge on any atom is -0.345 e. The minimum absolute atomic E-state index is 0.000556. The quantitative estimate of drug-likeness (QED) is 0.608. The van der Waals surface area contributed by atoms with Gasteiger partial charge >= 0.3 is 0 Å². The average Bonchev–Trinajstić information content (AvgIpc) is 2.28. The Balaban J connectivity index is 3.02. The van der Waals surface area contributed by atoms with E-state index in [1.165, 1.54) is 0 Å². The zero-order valence-corrected chi connectivity index (χ0v) is 7.83. The van der Waals surface area contributed by atoms with Crippen molar-refractivity contribution in [2.75, 3.05) is 14.1 Å². The Morgan fingerprint density at radius 3 is 2.50 bits per heavy atom. The first-order valence-electron chi connectivity index (χ1n) is 3.74. The van der Waals surface area contributed by atoms with Gasteiger partial charge in [0.05, 0.1) is 11.3 Å². The maximum atomic E-state index is 11.5. The van der Waals surface area contributed by atoms with Gasteiger partial charge in [-0.25, -0.2) is 0 Å². The molecule has 0 aliphatic carbocycles. The van der Waals surface area contributed by atoms with Crippen LogP contribution in [-0.4, -0.2) is 34.7 Å². The summed E-state index contributed by atoms with van der Waals surface area (Å²) in [5, 5.41) is 4.08. The molecule has 0 aliphatic rings. The van der Waals surface area contributed by atoms with E-state index in [2.05, 4.69) is 5.10 Å². The molecule has 0 aromatic carbocycles. The molecule has 0 aliphatic heterocycles. The molecule has 1 heterocycles. The number of carbonyl (C=O) groups excluding carboxylic acids is 1. The molecule has 4 nitrogen and oxygen atoms in total. The lowest BCUT2D eigenvalue weighted by atomic mass is 10.2. The Kier molecular flexibility index (Phi) is 2.17. The van der Waals surface area contributed by atoms with Gasteiger partial charge in [-0.2, -0.15) is 5.10 Å². The van der Waals surface area contributed by atoms with Crippen LogP contribution in [-0.2, 0) is 7.05 Å². The van der Waals surface area contributed by atoms with E-state index in [-0.39, 0.29) is 5.91 Å². The van der Waals surface area contributed by atoms with E-state index in [1.54, 1.807) is 36.9 Å². The summed E-state index contributed by atoms with van der Waals surface area (Å²) in [6.45, 7) is 1.83. The number of amides is 1. The van der Waals surface area contributed by atoms with Crippen LogP contribution in [0, 0.1) is 6.92 Å². The van der Waals surface area contributed by atoms with Crippen molar-refractivity contribution in [3.8, 4) is 0 Å². The first-order chi connectivity index (χ1) is 5.52. The number of carbonyl (C=O) groups is 1. The second-order valence-corrected chi connectivity index (χ2v) is 3.00. The maximum Gasteiger partial charge on any atom is 0.256 e. The predicted molar refractivity (Wildman–Crippen MR) is 46.0 cm³/mol. The zero-order chi connectivity index (χ0) is 9.30. The summed E-state index contributed by atoms with van der Waals surface area (Å²) in [5.74, 6) is 0.000556. The summed E-state index contributed by atoms with van der Waals surface area (Å²) >= 11 is 0. The van der Waals surface area contributed by atoms with Crippen molar-refractivity contribution < 1.29 is 4.79 Å². The summed E-state index contributed by atoms with van der Waals surface area (Å²) in [6.07, 6.45) is 1.73. The molecule has 0 saturated heterocycles. The van der Waals surface area contributed by atoms with Crippen molar-refractivity contribution >= 4 is 5.91 Å². The third-order valence-corrected chi connectivity index (χ3v) is 1.65. The zero-order valence-electron chi connectivity index (χ0n) is 7.83. The Bertz CT molecular complexity index is 301. The summed E-state index contributed by atoms with van der Waals surface area (Å²) in [5.41, 5.74) is 1.44. The molecule has 66 valence electrons. The Hall–Kier alpha value is -1.32. The van der Waals surface area contributed by atoms with E-state index >= 15 is 0 Å². The normalized spacial score (nSPS) is 10.0. The highest BCUT2D eigenvalue weighted by Gasteiger charge is 2.13. The summed E-state index contributed by atoms with van der Waals surface area (Å²) in [4.78, 5) is 13.0. The number of aryl methyl sites for hydroxylation is 2. The monoisotopic (exact) mass is 167 g/mol. The third kappa shape index (κ3) is 1.47. The molecule has 1 rings (SSSR count). The largest absolute Gasteiger partial charge is 0.345 e. The second kappa shape index (κ2) is 2.97. The third-order valence-electron chi connectivity index (χ3n) is 1.65. The van der Waals surface area contributed by atoms with Crippen molar-refractivity contribution in [1.29, 1.82) is 0 Å². The molecule has 0 saturated carbocycles. The Morgan fingerprint density at radius 1 is 1.58 bits per heavy atom. The standard InChI is InChI=1S/C8H13N3O/c1-6-7(5-11(4)9-6)8(12)10(2)3/h5H,1-4H3. The van der Waals surface area contributed by atoms with Gasteiger partial charge in [-0.3, -0.25) is 9.48 Å². The summed E-state index contributed by atoms with van der Waals surface area (Å²) < 4.78 is 1.64. The highest BCUT2D eigenvalue weighted by atomic mass is 16.2. The molecule has 0 fully saturated rings. The van der Waals surface area contributed by atoms with Gasteiger partial charge in [0.1, 0.15) is 0 Å². The topological polar surface area (TPSA) is 38.1 Å². The average molecular weight is 167 g/mol. The van der Waals surface area contributed by atoms with Crippen LogP contribution < -0.4 is 0 Å². The van der Waals surface area contributed by atoms with Gasteiger partial charge in [0.2, 0.25) is 0 Å². The van der Waals surface area contributed by atoms with E-state index in [9.17, 15) is 4.79 Å². The van der Waals surface area contributed by atoms with Gasteiger partial charge in [0.25, 0.3) is 5.91 Å². The van der Waals surface area contributed by atoms with Gasteiger partial charge in [-0.15, -0.1) is 0 Å². The molecule has 0 radical (unpaired) electrons.